The summed E-state index contributed by atoms with van der Waals surface area (Å²) in [4.78, 5) is 20.7. The lowest BCUT2D eigenvalue weighted by Crippen LogP contribution is -2.30. The Kier molecular flexibility index (Phi) is 6.46. The summed E-state index contributed by atoms with van der Waals surface area (Å²) in [5.41, 5.74) is 1.77. The van der Waals surface area contributed by atoms with E-state index in [2.05, 4.69) is 15.3 Å². The first-order chi connectivity index (χ1) is 13.8. The zero-order valence-electron chi connectivity index (χ0n) is 16.0. The summed E-state index contributed by atoms with van der Waals surface area (Å²) in [5, 5.41) is 8.14. The summed E-state index contributed by atoms with van der Waals surface area (Å²) >= 11 is 1.65. The smallest absolute Gasteiger partial charge is 0.255 e. The Bertz CT molecular complexity index is 1100. The lowest BCUT2D eigenvalue weighted by Gasteiger charge is -2.18. The van der Waals surface area contributed by atoms with E-state index in [1.54, 1.807) is 11.8 Å². The van der Waals surface area contributed by atoms with Gasteiger partial charge in [-0.05, 0) is 48.8 Å². The fourth-order valence-electron chi connectivity index (χ4n) is 2.93. The lowest BCUT2D eigenvalue weighted by atomic mass is 10.1. The molecule has 10 heteroatoms. The van der Waals surface area contributed by atoms with Gasteiger partial charge in [0, 0.05) is 0 Å². The normalized spacial score (nSPS) is 12.7. The van der Waals surface area contributed by atoms with Crippen molar-refractivity contribution >= 4 is 38.7 Å². The maximum absolute atomic E-state index is 13.0. The Labute approximate surface area is 173 Å². The van der Waals surface area contributed by atoms with E-state index in [-0.39, 0.29) is 22.3 Å². The molecule has 4 N–H and O–H groups in total. The Balaban J connectivity index is 1.94. The number of carbonyl (C=O) groups excluding carboxylic acids is 1. The third kappa shape index (κ3) is 4.89. The van der Waals surface area contributed by atoms with Crippen LogP contribution in [-0.2, 0) is 10.0 Å². The van der Waals surface area contributed by atoms with E-state index in [1.807, 2.05) is 30.5 Å². The van der Waals surface area contributed by atoms with Crippen molar-refractivity contribution in [3.8, 4) is 5.75 Å². The van der Waals surface area contributed by atoms with Gasteiger partial charge in [-0.15, -0.1) is 0 Å². The summed E-state index contributed by atoms with van der Waals surface area (Å²) < 4.78 is 28.6. The highest BCUT2D eigenvalue weighted by molar-refractivity contribution is 7.98. The number of sulfonamides is 1. The van der Waals surface area contributed by atoms with E-state index in [0.29, 0.717) is 12.2 Å². The number of nitrogens with zero attached hydrogens (tertiary/aromatic N) is 1. The summed E-state index contributed by atoms with van der Waals surface area (Å²) in [5.74, 6) is 1.22. The molecule has 1 atom stereocenters. The van der Waals surface area contributed by atoms with Gasteiger partial charge in [-0.1, -0.05) is 12.1 Å². The van der Waals surface area contributed by atoms with Crippen LogP contribution in [0.25, 0.3) is 11.0 Å². The van der Waals surface area contributed by atoms with Crippen molar-refractivity contribution in [1.82, 2.24) is 15.3 Å². The number of aromatic nitrogens is 2. The van der Waals surface area contributed by atoms with Crippen molar-refractivity contribution < 1.29 is 17.9 Å². The zero-order valence-corrected chi connectivity index (χ0v) is 17.6. The Morgan fingerprint density at radius 3 is 2.72 bits per heavy atom. The van der Waals surface area contributed by atoms with Crippen molar-refractivity contribution in [2.75, 3.05) is 19.1 Å². The molecule has 0 aliphatic carbocycles. The predicted molar refractivity (Wildman–Crippen MR) is 114 cm³/mol. The van der Waals surface area contributed by atoms with Gasteiger partial charge in [0.15, 0.2) is 0 Å². The molecule has 1 aromatic heterocycles. The number of H-pyrrole nitrogens is 1. The highest BCUT2D eigenvalue weighted by Gasteiger charge is 2.22. The largest absolute Gasteiger partial charge is 0.496 e. The van der Waals surface area contributed by atoms with E-state index in [9.17, 15) is 13.2 Å². The molecule has 1 heterocycles. The SMILES string of the molecule is COc1ccc(S(N)(=O)=O)cc1C(=O)N[C@H](CCSC)c1nc2ccccc2[nH]1. The number of carbonyl (C=O) groups is 1. The summed E-state index contributed by atoms with van der Waals surface area (Å²) in [7, 11) is -2.54. The first kappa shape index (κ1) is 21.2. The van der Waals surface area contributed by atoms with Crippen LogP contribution in [0, 0.1) is 0 Å². The second kappa shape index (κ2) is 8.85. The van der Waals surface area contributed by atoms with Gasteiger partial charge in [0.2, 0.25) is 10.0 Å². The molecule has 1 amide bonds. The van der Waals surface area contributed by atoms with Crippen LogP contribution in [0.1, 0.15) is 28.6 Å². The summed E-state index contributed by atoms with van der Waals surface area (Å²) in [6.45, 7) is 0. The van der Waals surface area contributed by atoms with Crippen LogP contribution in [0.15, 0.2) is 47.4 Å². The third-order valence-corrected chi connectivity index (χ3v) is 5.95. The average Bonchev–Trinajstić information content (AvgIpc) is 3.13. The molecule has 0 saturated carbocycles. The van der Waals surface area contributed by atoms with Gasteiger partial charge in [0.25, 0.3) is 5.91 Å². The zero-order chi connectivity index (χ0) is 21.0. The number of rotatable bonds is 8. The van der Waals surface area contributed by atoms with Gasteiger partial charge < -0.3 is 15.0 Å². The molecule has 0 spiro atoms. The van der Waals surface area contributed by atoms with Crippen molar-refractivity contribution in [3.05, 3.63) is 53.9 Å². The van der Waals surface area contributed by atoms with Crippen LogP contribution in [-0.4, -0.2) is 43.4 Å². The molecule has 0 radical (unpaired) electrons. The number of aromatic amines is 1. The van der Waals surface area contributed by atoms with Crippen molar-refractivity contribution in [3.63, 3.8) is 0 Å². The standard InChI is InChI=1S/C19H22N4O4S2/c1-27-17-8-7-12(29(20,25)26)11-13(17)19(24)23-16(9-10-28-2)18-21-14-5-3-4-6-15(14)22-18/h3-8,11,16H,9-10H2,1-2H3,(H,21,22)(H,23,24)(H2,20,25,26)/t16-/m1/s1. The fourth-order valence-corrected chi connectivity index (χ4v) is 3.94. The number of imidazole rings is 1. The van der Waals surface area contributed by atoms with Gasteiger partial charge in [0.1, 0.15) is 11.6 Å². The Hall–Kier alpha value is -2.56. The predicted octanol–water partition coefficient (Wildman–Crippen LogP) is 2.44. The summed E-state index contributed by atoms with van der Waals surface area (Å²) in [6, 6.07) is 11.1. The number of hydrogen-bond donors (Lipinski definition) is 3. The van der Waals surface area contributed by atoms with Crippen LogP contribution < -0.4 is 15.2 Å². The van der Waals surface area contributed by atoms with E-state index in [4.69, 9.17) is 9.88 Å². The number of benzene rings is 2. The molecule has 0 fully saturated rings. The van der Waals surface area contributed by atoms with E-state index < -0.39 is 15.9 Å². The second-order valence-corrected chi connectivity index (χ2v) is 8.90. The maximum Gasteiger partial charge on any atom is 0.255 e. The van der Waals surface area contributed by atoms with Crippen LogP contribution in [0.2, 0.25) is 0 Å². The van der Waals surface area contributed by atoms with Crippen LogP contribution in [0.5, 0.6) is 5.75 Å². The molecule has 29 heavy (non-hydrogen) atoms. The lowest BCUT2D eigenvalue weighted by molar-refractivity contribution is 0.0931. The van der Waals surface area contributed by atoms with Crippen molar-refractivity contribution in [2.45, 2.75) is 17.4 Å². The molecular weight excluding hydrogens is 412 g/mol. The van der Waals surface area contributed by atoms with E-state index >= 15 is 0 Å². The number of primary sulfonamides is 1. The highest BCUT2D eigenvalue weighted by Crippen LogP contribution is 2.25. The minimum Gasteiger partial charge on any atom is -0.496 e. The minimum atomic E-state index is -3.95. The minimum absolute atomic E-state index is 0.0873. The number of ether oxygens (including phenoxy) is 1. The monoisotopic (exact) mass is 434 g/mol. The van der Waals surface area contributed by atoms with Gasteiger partial charge in [0.05, 0.1) is 34.6 Å². The average molecular weight is 435 g/mol. The van der Waals surface area contributed by atoms with Crippen LogP contribution in [0.3, 0.4) is 0 Å². The van der Waals surface area contributed by atoms with Crippen LogP contribution >= 0.6 is 11.8 Å². The van der Waals surface area contributed by atoms with E-state index in [0.717, 1.165) is 16.8 Å². The van der Waals surface area contributed by atoms with Crippen molar-refractivity contribution in [1.29, 1.82) is 0 Å². The first-order valence-corrected chi connectivity index (χ1v) is 11.7. The Morgan fingerprint density at radius 1 is 1.31 bits per heavy atom. The number of amides is 1. The molecule has 3 rings (SSSR count). The first-order valence-electron chi connectivity index (χ1n) is 8.78. The van der Waals surface area contributed by atoms with Gasteiger partial charge in [-0.25, -0.2) is 18.5 Å². The second-order valence-electron chi connectivity index (χ2n) is 6.35. The Morgan fingerprint density at radius 2 is 2.07 bits per heavy atom. The number of methoxy groups -OCH3 is 1. The molecule has 0 aliphatic rings. The van der Waals surface area contributed by atoms with Gasteiger partial charge in [-0.3, -0.25) is 4.79 Å². The van der Waals surface area contributed by atoms with Crippen LogP contribution in [0.4, 0.5) is 0 Å². The quantitative estimate of drug-likeness (QED) is 0.500. The number of hydrogen-bond acceptors (Lipinski definition) is 6. The maximum atomic E-state index is 13.0. The fraction of sp³-hybridized carbons (Fsp3) is 0.263. The molecule has 0 unspecified atom stereocenters. The molecule has 0 aliphatic heterocycles. The number of fused-ring (bicyclic) bond motifs is 1. The van der Waals surface area contributed by atoms with Gasteiger partial charge in [-0.2, -0.15) is 11.8 Å². The molecule has 3 aromatic rings. The third-order valence-electron chi connectivity index (χ3n) is 4.40. The number of thioether (sulfide) groups is 1. The summed E-state index contributed by atoms with van der Waals surface area (Å²) in [6.07, 6.45) is 2.63. The highest BCUT2D eigenvalue weighted by atomic mass is 32.2. The number of nitrogens with two attached hydrogens (primary N) is 1. The molecule has 8 nitrogen and oxygen atoms in total. The topological polar surface area (TPSA) is 127 Å². The number of nitrogens with one attached hydrogen (secondary N) is 2. The molecule has 0 saturated heterocycles. The molecule has 0 bridgehead atoms. The van der Waals surface area contributed by atoms with E-state index in [1.165, 1.54) is 25.3 Å². The van der Waals surface area contributed by atoms with Gasteiger partial charge >= 0.3 is 0 Å². The molecular formula is C19H22N4O4S2. The molecule has 2 aromatic carbocycles. The molecule has 154 valence electrons. The van der Waals surface area contributed by atoms with Crippen molar-refractivity contribution in [2.24, 2.45) is 5.14 Å². The number of para-hydroxylation sites is 2.